The van der Waals surface area contributed by atoms with Crippen LogP contribution in [0.5, 0.6) is 0 Å². The van der Waals surface area contributed by atoms with E-state index in [0.29, 0.717) is 17.4 Å². The van der Waals surface area contributed by atoms with Crippen LogP contribution in [-0.2, 0) is 11.3 Å². The van der Waals surface area contributed by atoms with Crippen molar-refractivity contribution in [3.05, 3.63) is 76.3 Å². The molecule has 138 valence electrons. The van der Waals surface area contributed by atoms with Crippen LogP contribution in [0.4, 0.5) is 11.5 Å². The molecule has 0 unspecified atom stereocenters. The summed E-state index contributed by atoms with van der Waals surface area (Å²) in [5.41, 5.74) is 3.04. The van der Waals surface area contributed by atoms with E-state index in [-0.39, 0.29) is 11.7 Å². The minimum absolute atomic E-state index is 0.0743. The zero-order chi connectivity index (χ0) is 19.1. The molecule has 3 rings (SSSR count). The number of nitrogens with zero attached hydrogens (tertiary/aromatic N) is 2. The third-order valence-corrected chi connectivity index (χ3v) is 5.56. The largest absolute Gasteiger partial charge is 0.365 e. The van der Waals surface area contributed by atoms with E-state index in [1.165, 1.54) is 17.3 Å². The molecule has 0 atom stereocenters. The van der Waals surface area contributed by atoms with Crippen molar-refractivity contribution in [2.24, 2.45) is 0 Å². The molecule has 0 aliphatic heterocycles. The Kier molecular flexibility index (Phi) is 6.84. The molecule has 2 aromatic carbocycles. The normalized spacial score (nSPS) is 10.4. The molecule has 0 fully saturated rings. The van der Waals surface area contributed by atoms with Crippen LogP contribution in [0.25, 0.3) is 0 Å². The van der Waals surface area contributed by atoms with Gasteiger partial charge in [-0.05, 0) is 48.4 Å². The number of hydrogen-bond donors (Lipinski definition) is 2. The van der Waals surface area contributed by atoms with Crippen molar-refractivity contribution < 1.29 is 4.79 Å². The Bertz CT molecular complexity index is 904. The van der Waals surface area contributed by atoms with E-state index in [9.17, 15) is 4.79 Å². The second kappa shape index (κ2) is 9.53. The van der Waals surface area contributed by atoms with Gasteiger partial charge in [0.05, 0.1) is 5.75 Å². The Hall–Kier alpha value is -2.38. The lowest BCUT2D eigenvalue weighted by molar-refractivity contribution is -0.113. The average Bonchev–Trinajstić information content (AvgIpc) is 2.69. The van der Waals surface area contributed by atoms with Gasteiger partial charge in [-0.1, -0.05) is 58.0 Å². The lowest BCUT2D eigenvalue weighted by Crippen LogP contribution is -2.14. The van der Waals surface area contributed by atoms with Crippen LogP contribution >= 0.6 is 27.7 Å². The molecule has 0 aliphatic rings. The standard InChI is InChI=1S/C20H19BrN4OS/c1-14-11-16(7-8-17(14)21)23-19(26)13-27-20-10-9-18(24-25-20)22-12-15-5-3-2-4-6-15/h2-11H,12-13H2,1H3,(H,22,24)(H,23,26). The van der Waals surface area contributed by atoms with E-state index >= 15 is 0 Å². The summed E-state index contributed by atoms with van der Waals surface area (Å²) >= 11 is 4.81. The number of nitrogens with one attached hydrogen (secondary N) is 2. The van der Waals surface area contributed by atoms with Crippen molar-refractivity contribution in [1.29, 1.82) is 0 Å². The molecule has 1 aromatic heterocycles. The molecule has 0 saturated carbocycles. The number of amides is 1. The van der Waals surface area contributed by atoms with Gasteiger partial charge in [0.2, 0.25) is 5.91 Å². The van der Waals surface area contributed by atoms with Crippen molar-refractivity contribution in [3.63, 3.8) is 0 Å². The maximum Gasteiger partial charge on any atom is 0.234 e. The SMILES string of the molecule is Cc1cc(NC(=O)CSc2ccc(NCc3ccccc3)nn2)ccc1Br. The minimum atomic E-state index is -0.0743. The summed E-state index contributed by atoms with van der Waals surface area (Å²) in [6, 6.07) is 19.6. The molecular weight excluding hydrogens is 424 g/mol. The number of benzene rings is 2. The molecule has 27 heavy (non-hydrogen) atoms. The van der Waals surface area contributed by atoms with Crippen molar-refractivity contribution in [1.82, 2.24) is 10.2 Å². The van der Waals surface area contributed by atoms with Gasteiger partial charge in [-0.3, -0.25) is 4.79 Å². The summed E-state index contributed by atoms with van der Waals surface area (Å²) in [6.45, 7) is 2.68. The maximum absolute atomic E-state index is 12.1. The fourth-order valence-corrected chi connectivity index (χ4v) is 3.20. The van der Waals surface area contributed by atoms with Crippen molar-refractivity contribution in [2.45, 2.75) is 18.5 Å². The van der Waals surface area contributed by atoms with Gasteiger partial charge in [0, 0.05) is 16.7 Å². The van der Waals surface area contributed by atoms with Crippen molar-refractivity contribution in [2.75, 3.05) is 16.4 Å². The molecule has 0 bridgehead atoms. The number of carbonyl (C=O) groups excluding carboxylic acids is 1. The zero-order valence-corrected chi connectivity index (χ0v) is 17.2. The monoisotopic (exact) mass is 442 g/mol. The number of thioether (sulfide) groups is 1. The summed E-state index contributed by atoms with van der Waals surface area (Å²) in [7, 11) is 0. The smallest absolute Gasteiger partial charge is 0.234 e. The third kappa shape index (κ3) is 6.08. The lowest BCUT2D eigenvalue weighted by atomic mass is 10.2. The van der Waals surface area contributed by atoms with Crippen LogP contribution in [0.2, 0.25) is 0 Å². The number of carbonyl (C=O) groups is 1. The highest BCUT2D eigenvalue weighted by atomic mass is 79.9. The second-order valence-electron chi connectivity index (χ2n) is 5.90. The molecule has 0 spiro atoms. The Morgan fingerprint density at radius 2 is 1.89 bits per heavy atom. The topological polar surface area (TPSA) is 66.9 Å². The van der Waals surface area contributed by atoms with Gasteiger partial charge < -0.3 is 10.6 Å². The first-order chi connectivity index (χ1) is 13.1. The van der Waals surface area contributed by atoms with E-state index in [2.05, 4.69) is 48.9 Å². The van der Waals surface area contributed by atoms with E-state index in [1.807, 2.05) is 55.5 Å². The second-order valence-corrected chi connectivity index (χ2v) is 7.75. The third-order valence-electron chi connectivity index (χ3n) is 3.75. The zero-order valence-electron chi connectivity index (χ0n) is 14.8. The number of aromatic nitrogens is 2. The molecule has 0 saturated heterocycles. The molecule has 1 heterocycles. The van der Waals surface area contributed by atoms with E-state index in [1.54, 1.807) is 0 Å². The van der Waals surface area contributed by atoms with Gasteiger partial charge in [-0.25, -0.2) is 0 Å². The van der Waals surface area contributed by atoms with Crippen LogP contribution < -0.4 is 10.6 Å². The molecule has 7 heteroatoms. The van der Waals surface area contributed by atoms with Crippen molar-refractivity contribution >= 4 is 45.1 Å². The average molecular weight is 443 g/mol. The van der Waals surface area contributed by atoms with Gasteiger partial charge in [0.25, 0.3) is 0 Å². The summed E-state index contributed by atoms with van der Waals surface area (Å²) in [5.74, 6) is 0.911. The first-order valence-corrected chi connectivity index (χ1v) is 10.2. The number of hydrogen-bond acceptors (Lipinski definition) is 5. The summed E-state index contributed by atoms with van der Waals surface area (Å²) < 4.78 is 1.02. The van der Waals surface area contributed by atoms with Gasteiger partial charge >= 0.3 is 0 Å². The molecule has 3 aromatic rings. The highest BCUT2D eigenvalue weighted by Gasteiger charge is 2.06. The lowest BCUT2D eigenvalue weighted by Gasteiger charge is -2.07. The Morgan fingerprint density at radius 1 is 1.07 bits per heavy atom. The number of rotatable bonds is 7. The predicted octanol–water partition coefficient (Wildman–Crippen LogP) is 4.89. The summed E-state index contributed by atoms with van der Waals surface area (Å²) in [5, 5.41) is 15.1. The maximum atomic E-state index is 12.1. The Morgan fingerprint density at radius 3 is 2.59 bits per heavy atom. The predicted molar refractivity (Wildman–Crippen MR) is 114 cm³/mol. The molecule has 5 nitrogen and oxygen atoms in total. The van der Waals surface area contributed by atoms with Crippen LogP contribution in [0.15, 0.2) is 70.2 Å². The quantitative estimate of drug-likeness (QED) is 0.509. The highest BCUT2D eigenvalue weighted by molar-refractivity contribution is 9.10. The van der Waals surface area contributed by atoms with E-state index in [0.717, 1.165) is 15.7 Å². The summed E-state index contributed by atoms with van der Waals surface area (Å²) in [6.07, 6.45) is 0. The van der Waals surface area contributed by atoms with Crippen molar-refractivity contribution in [3.8, 4) is 0 Å². The van der Waals surface area contributed by atoms with Gasteiger partial charge in [0.1, 0.15) is 10.8 Å². The fourth-order valence-electron chi connectivity index (χ4n) is 2.34. The van der Waals surface area contributed by atoms with Crippen LogP contribution in [0, 0.1) is 6.92 Å². The Labute approximate surface area is 171 Å². The van der Waals surface area contributed by atoms with E-state index < -0.39 is 0 Å². The number of halogens is 1. The van der Waals surface area contributed by atoms with Crippen LogP contribution in [0.3, 0.4) is 0 Å². The van der Waals surface area contributed by atoms with Crippen LogP contribution in [0.1, 0.15) is 11.1 Å². The number of anilines is 2. The first kappa shape index (κ1) is 19.4. The fraction of sp³-hybridized carbons (Fsp3) is 0.150. The van der Waals surface area contributed by atoms with Gasteiger partial charge in [0.15, 0.2) is 0 Å². The molecule has 0 aliphatic carbocycles. The van der Waals surface area contributed by atoms with Crippen LogP contribution in [-0.4, -0.2) is 21.9 Å². The first-order valence-electron chi connectivity index (χ1n) is 8.40. The number of aryl methyl sites for hydroxylation is 1. The van der Waals surface area contributed by atoms with Gasteiger partial charge in [-0.2, -0.15) is 0 Å². The summed E-state index contributed by atoms with van der Waals surface area (Å²) in [4.78, 5) is 12.1. The molecular formula is C20H19BrN4OS. The van der Waals surface area contributed by atoms with E-state index in [4.69, 9.17) is 0 Å². The Balaban J connectivity index is 1.46. The highest BCUT2D eigenvalue weighted by Crippen LogP contribution is 2.21. The molecule has 0 radical (unpaired) electrons. The molecule has 2 N–H and O–H groups in total. The minimum Gasteiger partial charge on any atom is -0.365 e. The molecule has 1 amide bonds. The van der Waals surface area contributed by atoms with Gasteiger partial charge in [-0.15, -0.1) is 10.2 Å².